The maximum Gasteiger partial charge on any atom is 0.414 e. The molecule has 1 atom stereocenters. The van der Waals surface area contributed by atoms with Crippen molar-refractivity contribution in [3.63, 3.8) is 0 Å². The Bertz CT molecular complexity index is 734. The third kappa shape index (κ3) is 6.19. The molecule has 0 N–H and O–H groups in total. The van der Waals surface area contributed by atoms with E-state index in [2.05, 4.69) is 21.9 Å². The SMILES string of the molecule is CN(C)Cc1ccc(N2CC(CN3CCC(C(=O)OC(C)(C)C)CC3)OC2=O)cc1. The summed E-state index contributed by atoms with van der Waals surface area (Å²) in [6.45, 7) is 9.45. The minimum atomic E-state index is -0.444. The van der Waals surface area contributed by atoms with E-state index in [1.807, 2.05) is 47.0 Å². The van der Waals surface area contributed by atoms with Gasteiger partial charge in [0.05, 0.1) is 12.5 Å². The van der Waals surface area contributed by atoms with Crippen molar-refractivity contribution in [2.75, 3.05) is 45.2 Å². The van der Waals surface area contributed by atoms with Crippen LogP contribution in [0, 0.1) is 5.92 Å². The summed E-state index contributed by atoms with van der Waals surface area (Å²) in [7, 11) is 4.07. The highest BCUT2D eigenvalue weighted by Gasteiger charge is 2.35. The number of rotatable bonds is 6. The predicted molar refractivity (Wildman–Crippen MR) is 116 cm³/mol. The molecule has 1 amide bonds. The monoisotopic (exact) mass is 417 g/mol. The highest BCUT2D eigenvalue weighted by atomic mass is 16.6. The zero-order valence-electron chi connectivity index (χ0n) is 18.9. The van der Waals surface area contributed by atoms with Gasteiger partial charge in [0.2, 0.25) is 0 Å². The van der Waals surface area contributed by atoms with Gasteiger partial charge in [0.15, 0.2) is 0 Å². The number of piperidine rings is 1. The summed E-state index contributed by atoms with van der Waals surface area (Å²) < 4.78 is 11.1. The Morgan fingerprint density at radius 1 is 1.17 bits per heavy atom. The number of likely N-dealkylation sites (tertiary alicyclic amines) is 1. The standard InChI is InChI=1S/C23H35N3O4/c1-23(2,3)30-21(27)18-10-12-25(13-11-18)15-20-16-26(22(28)29-20)19-8-6-17(7-9-19)14-24(4)5/h6-9,18,20H,10-16H2,1-5H3. The average Bonchev–Trinajstić information content (AvgIpc) is 3.01. The van der Waals surface area contributed by atoms with E-state index in [1.54, 1.807) is 4.90 Å². The first kappa shape index (κ1) is 22.6. The van der Waals surface area contributed by atoms with Crippen LogP contribution in [0.2, 0.25) is 0 Å². The van der Waals surface area contributed by atoms with Crippen LogP contribution in [0.1, 0.15) is 39.2 Å². The lowest BCUT2D eigenvalue weighted by molar-refractivity contribution is -0.161. The topological polar surface area (TPSA) is 62.3 Å². The van der Waals surface area contributed by atoms with Gasteiger partial charge in [-0.3, -0.25) is 14.6 Å². The van der Waals surface area contributed by atoms with E-state index in [4.69, 9.17) is 9.47 Å². The van der Waals surface area contributed by atoms with Crippen molar-refractivity contribution in [1.29, 1.82) is 0 Å². The van der Waals surface area contributed by atoms with E-state index in [1.165, 1.54) is 5.56 Å². The largest absolute Gasteiger partial charge is 0.460 e. The second-order valence-corrected chi connectivity index (χ2v) is 9.63. The van der Waals surface area contributed by atoms with E-state index < -0.39 is 5.60 Å². The van der Waals surface area contributed by atoms with Crippen LogP contribution in [0.25, 0.3) is 0 Å². The van der Waals surface area contributed by atoms with Crippen LogP contribution in [-0.2, 0) is 20.8 Å². The Balaban J connectivity index is 1.48. The fourth-order valence-corrected chi connectivity index (χ4v) is 4.00. The van der Waals surface area contributed by atoms with Crippen LogP contribution >= 0.6 is 0 Å². The van der Waals surface area contributed by atoms with Crippen molar-refractivity contribution in [2.24, 2.45) is 5.92 Å². The summed E-state index contributed by atoms with van der Waals surface area (Å²) in [6, 6.07) is 8.07. The maximum atomic E-state index is 12.4. The molecule has 1 aromatic rings. The molecular formula is C23H35N3O4. The van der Waals surface area contributed by atoms with E-state index in [0.717, 1.165) is 38.2 Å². The molecule has 2 aliphatic rings. The lowest BCUT2D eigenvalue weighted by Crippen LogP contribution is -2.42. The second-order valence-electron chi connectivity index (χ2n) is 9.63. The second kappa shape index (κ2) is 9.35. The molecule has 0 aromatic heterocycles. The molecule has 7 heteroatoms. The Hall–Kier alpha value is -2.12. The number of carbonyl (C=O) groups is 2. The Morgan fingerprint density at radius 2 is 1.80 bits per heavy atom. The number of carbonyl (C=O) groups excluding carboxylic acids is 2. The average molecular weight is 418 g/mol. The highest BCUT2D eigenvalue weighted by Crippen LogP contribution is 2.25. The van der Waals surface area contributed by atoms with Gasteiger partial charge in [-0.1, -0.05) is 12.1 Å². The van der Waals surface area contributed by atoms with Gasteiger partial charge in [-0.15, -0.1) is 0 Å². The number of anilines is 1. The molecule has 7 nitrogen and oxygen atoms in total. The summed E-state index contributed by atoms with van der Waals surface area (Å²) >= 11 is 0. The quantitative estimate of drug-likeness (QED) is 0.663. The molecule has 166 valence electrons. The first-order chi connectivity index (χ1) is 14.1. The Kier molecular flexibility index (Phi) is 7.03. The van der Waals surface area contributed by atoms with E-state index in [0.29, 0.717) is 13.1 Å². The van der Waals surface area contributed by atoms with Gasteiger partial charge in [0.1, 0.15) is 11.7 Å². The Labute approximate surface area is 179 Å². The molecule has 0 aliphatic carbocycles. The Morgan fingerprint density at radius 3 is 2.37 bits per heavy atom. The van der Waals surface area contributed by atoms with Crippen molar-refractivity contribution in [3.8, 4) is 0 Å². The summed E-state index contributed by atoms with van der Waals surface area (Å²) in [4.78, 5) is 30.7. The number of nitrogens with zero attached hydrogens (tertiary/aromatic N) is 3. The number of ether oxygens (including phenoxy) is 2. The van der Waals surface area contributed by atoms with Crippen LogP contribution in [0.5, 0.6) is 0 Å². The normalized spacial score (nSPS) is 21.2. The third-order valence-corrected chi connectivity index (χ3v) is 5.41. The summed E-state index contributed by atoms with van der Waals surface area (Å²) in [5.74, 6) is -0.137. The van der Waals surface area contributed by atoms with Gasteiger partial charge in [0.25, 0.3) is 0 Å². The summed E-state index contributed by atoms with van der Waals surface area (Å²) in [5, 5.41) is 0. The zero-order valence-corrected chi connectivity index (χ0v) is 18.9. The molecule has 2 saturated heterocycles. The maximum absolute atomic E-state index is 12.4. The zero-order chi connectivity index (χ0) is 21.9. The molecule has 0 spiro atoms. The molecule has 1 unspecified atom stereocenters. The minimum Gasteiger partial charge on any atom is -0.460 e. The van der Waals surface area contributed by atoms with Gasteiger partial charge in [0, 0.05) is 18.8 Å². The van der Waals surface area contributed by atoms with Crippen molar-refractivity contribution < 1.29 is 19.1 Å². The van der Waals surface area contributed by atoms with Gasteiger partial charge in [-0.05, 0) is 78.5 Å². The van der Waals surface area contributed by atoms with Crippen molar-refractivity contribution in [1.82, 2.24) is 9.80 Å². The number of hydrogen-bond donors (Lipinski definition) is 0. The molecule has 0 radical (unpaired) electrons. The number of amides is 1. The third-order valence-electron chi connectivity index (χ3n) is 5.41. The number of hydrogen-bond acceptors (Lipinski definition) is 6. The fourth-order valence-electron chi connectivity index (χ4n) is 4.00. The van der Waals surface area contributed by atoms with Crippen LogP contribution in [0.3, 0.4) is 0 Å². The van der Waals surface area contributed by atoms with Crippen LogP contribution in [-0.4, -0.2) is 73.8 Å². The molecule has 2 fully saturated rings. The molecule has 2 heterocycles. The molecule has 30 heavy (non-hydrogen) atoms. The molecule has 2 aliphatic heterocycles. The number of cyclic esters (lactones) is 1. The summed E-state index contributed by atoms with van der Waals surface area (Å²) in [5.41, 5.74) is 1.63. The van der Waals surface area contributed by atoms with Gasteiger partial charge >= 0.3 is 12.1 Å². The smallest absolute Gasteiger partial charge is 0.414 e. The van der Waals surface area contributed by atoms with Gasteiger partial charge in [-0.25, -0.2) is 4.79 Å². The van der Waals surface area contributed by atoms with Crippen molar-refractivity contribution >= 4 is 17.7 Å². The van der Waals surface area contributed by atoms with E-state index in [9.17, 15) is 9.59 Å². The number of esters is 1. The highest BCUT2D eigenvalue weighted by molar-refractivity contribution is 5.89. The first-order valence-corrected chi connectivity index (χ1v) is 10.8. The molecule has 0 saturated carbocycles. The minimum absolute atomic E-state index is 0.0382. The van der Waals surface area contributed by atoms with E-state index >= 15 is 0 Å². The molecule has 0 bridgehead atoms. The molecule has 3 rings (SSSR count). The van der Waals surface area contributed by atoms with Crippen LogP contribution < -0.4 is 4.90 Å². The molecule has 1 aromatic carbocycles. The van der Waals surface area contributed by atoms with Crippen LogP contribution in [0.15, 0.2) is 24.3 Å². The van der Waals surface area contributed by atoms with Crippen molar-refractivity contribution in [3.05, 3.63) is 29.8 Å². The molecular weight excluding hydrogens is 382 g/mol. The van der Waals surface area contributed by atoms with Crippen molar-refractivity contribution in [2.45, 2.75) is 51.9 Å². The lowest BCUT2D eigenvalue weighted by atomic mass is 9.96. The van der Waals surface area contributed by atoms with E-state index in [-0.39, 0.29) is 24.1 Å². The predicted octanol–water partition coefficient (Wildman–Crippen LogP) is 3.13. The van der Waals surface area contributed by atoms with Gasteiger partial charge < -0.3 is 14.4 Å². The first-order valence-electron chi connectivity index (χ1n) is 10.8. The lowest BCUT2D eigenvalue weighted by Gasteiger charge is -2.33. The van der Waals surface area contributed by atoms with Crippen LogP contribution in [0.4, 0.5) is 10.5 Å². The van der Waals surface area contributed by atoms with Gasteiger partial charge in [-0.2, -0.15) is 0 Å². The fraction of sp³-hybridized carbons (Fsp3) is 0.652. The summed E-state index contributed by atoms with van der Waals surface area (Å²) in [6.07, 6.45) is 1.13. The number of benzene rings is 1.